The molecule has 0 saturated carbocycles. The number of nitrogens with one attached hydrogen (secondary N) is 1. The number of amides is 1. The molecule has 0 bridgehead atoms. The van der Waals surface area contributed by atoms with Crippen LogP contribution in [-0.4, -0.2) is 37.0 Å². The standard InChI is InChI=1S/C19H30N2O2/c1-3-16(4-2)13-20-14-17-9-5-6-10-18(17)23-15-19(22)21-11-7-8-12-21/h5-6,9-10,16,20H,3-4,7-8,11-15H2,1-2H3. The Morgan fingerprint density at radius 1 is 1.22 bits per heavy atom. The van der Waals surface area contributed by atoms with Crippen LogP contribution >= 0.6 is 0 Å². The first-order valence-corrected chi connectivity index (χ1v) is 8.93. The van der Waals surface area contributed by atoms with Crippen molar-refractivity contribution in [3.63, 3.8) is 0 Å². The second-order valence-electron chi connectivity index (χ2n) is 6.30. The molecule has 4 heteroatoms. The van der Waals surface area contributed by atoms with Crippen LogP contribution in [0, 0.1) is 5.92 Å². The average molecular weight is 318 g/mol. The lowest BCUT2D eigenvalue weighted by molar-refractivity contribution is -0.132. The quantitative estimate of drug-likeness (QED) is 0.760. The Kier molecular flexibility index (Phi) is 7.40. The van der Waals surface area contributed by atoms with Crippen molar-refractivity contribution in [2.24, 2.45) is 5.92 Å². The van der Waals surface area contributed by atoms with Gasteiger partial charge in [0.05, 0.1) is 0 Å². The number of nitrogens with zero attached hydrogens (tertiary/aromatic N) is 1. The van der Waals surface area contributed by atoms with E-state index >= 15 is 0 Å². The first-order valence-electron chi connectivity index (χ1n) is 8.93. The molecule has 1 saturated heterocycles. The highest BCUT2D eigenvalue weighted by Crippen LogP contribution is 2.18. The van der Waals surface area contributed by atoms with Gasteiger partial charge in [0, 0.05) is 25.2 Å². The maximum atomic E-state index is 12.1. The number of hydrogen-bond donors (Lipinski definition) is 1. The maximum Gasteiger partial charge on any atom is 0.260 e. The summed E-state index contributed by atoms with van der Waals surface area (Å²) in [6.45, 7) is 8.16. The molecule has 1 N–H and O–H groups in total. The predicted octanol–water partition coefficient (Wildman–Crippen LogP) is 3.21. The normalized spacial score (nSPS) is 14.5. The Labute approximate surface area is 140 Å². The summed E-state index contributed by atoms with van der Waals surface area (Å²) in [6.07, 6.45) is 4.63. The number of ether oxygens (including phenoxy) is 1. The highest BCUT2D eigenvalue weighted by Gasteiger charge is 2.18. The van der Waals surface area contributed by atoms with Gasteiger partial charge < -0.3 is 15.0 Å². The minimum Gasteiger partial charge on any atom is -0.483 e. The largest absolute Gasteiger partial charge is 0.483 e. The van der Waals surface area contributed by atoms with Crippen molar-refractivity contribution in [1.29, 1.82) is 0 Å². The third-order valence-corrected chi connectivity index (χ3v) is 4.69. The van der Waals surface area contributed by atoms with Gasteiger partial charge in [-0.2, -0.15) is 0 Å². The molecule has 1 heterocycles. The third-order valence-electron chi connectivity index (χ3n) is 4.69. The van der Waals surface area contributed by atoms with Crippen LogP contribution in [-0.2, 0) is 11.3 Å². The van der Waals surface area contributed by atoms with Gasteiger partial charge in [0.2, 0.25) is 0 Å². The molecule has 1 amide bonds. The Balaban J connectivity index is 1.83. The summed E-state index contributed by atoms with van der Waals surface area (Å²) in [5, 5.41) is 3.51. The molecular weight excluding hydrogens is 288 g/mol. The number of carbonyl (C=O) groups excluding carboxylic acids is 1. The molecule has 1 fully saturated rings. The molecular formula is C19H30N2O2. The molecule has 2 rings (SSSR count). The van der Waals surface area contributed by atoms with E-state index in [0.29, 0.717) is 0 Å². The van der Waals surface area contributed by atoms with Crippen LogP contribution in [0.3, 0.4) is 0 Å². The fourth-order valence-corrected chi connectivity index (χ4v) is 2.98. The summed E-state index contributed by atoms with van der Waals surface area (Å²) in [6, 6.07) is 7.99. The average Bonchev–Trinajstić information content (AvgIpc) is 3.12. The number of carbonyl (C=O) groups is 1. The van der Waals surface area contributed by atoms with Gasteiger partial charge in [-0.3, -0.25) is 4.79 Å². The monoisotopic (exact) mass is 318 g/mol. The van der Waals surface area contributed by atoms with Crippen molar-refractivity contribution in [3.05, 3.63) is 29.8 Å². The number of para-hydroxylation sites is 1. The Morgan fingerprint density at radius 3 is 2.61 bits per heavy atom. The van der Waals surface area contributed by atoms with E-state index in [-0.39, 0.29) is 12.5 Å². The topological polar surface area (TPSA) is 41.6 Å². The molecule has 1 aromatic carbocycles. The van der Waals surface area contributed by atoms with E-state index in [1.165, 1.54) is 12.8 Å². The smallest absolute Gasteiger partial charge is 0.260 e. The summed E-state index contributed by atoms with van der Waals surface area (Å²) in [5.41, 5.74) is 1.12. The molecule has 4 nitrogen and oxygen atoms in total. The van der Waals surface area contributed by atoms with E-state index < -0.39 is 0 Å². The van der Waals surface area contributed by atoms with Gasteiger partial charge in [0.15, 0.2) is 6.61 Å². The van der Waals surface area contributed by atoms with E-state index in [1.54, 1.807) is 0 Å². The third kappa shape index (κ3) is 5.54. The van der Waals surface area contributed by atoms with E-state index in [1.807, 2.05) is 23.1 Å². The first kappa shape index (κ1) is 17.8. The van der Waals surface area contributed by atoms with Crippen molar-refractivity contribution in [2.45, 2.75) is 46.1 Å². The van der Waals surface area contributed by atoms with Crippen molar-refractivity contribution < 1.29 is 9.53 Å². The molecule has 0 aliphatic carbocycles. The van der Waals surface area contributed by atoms with E-state index in [4.69, 9.17) is 4.74 Å². The van der Waals surface area contributed by atoms with Crippen LogP contribution < -0.4 is 10.1 Å². The molecule has 128 valence electrons. The molecule has 0 unspecified atom stereocenters. The van der Waals surface area contributed by atoms with Gasteiger partial charge in [-0.05, 0) is 31.4 Å². The lowest BCUT2D eigenvalue weighted by Crippen LogP contribution is -2.32. The maximum absolute atomic E-state index is 12.1. The van der Waals surface area contributed by atoms with E-state index in [9.17, 15) is 4.79 Å². The summed E-state index contributed by atoms with van der Waals surface area (Å²) in [7, 11) is 0. The van der Waals surface area contributed by atoms with Gasteiger partial charge in [-0.15, -0.1) is 0 Å². The van der Waals surface area contributed by atoms with Crippen LogP contribution in [0.4, 0.5) is 0 Å². The molecule has 0 spiro atoms. The summed E-state index contributed by atoms with van der Waals surface area (Å²) in [5.74, 6) is 1.64. The molecule has 1 aromatic rings. The van der Waals surface area contributed by atoms with Crippen LogP contribution in [0.25, 0.3) is 0 Å². The Morgan fingerprint density at radius 2 is 1.91 bits per heavy atom. The number of rotatable bonds is 9. The van der Waals surface area contributed by atoms with Crippen LogP contribution in [0.5, 0.6) is 5.75 Å². The molecule has 1 aliphatic heterocycles. The van der Waals surface area contributed by atoms with Gasteiger partial charge >= 0.3 is 0 Å². The minimum atomic E-state index is 0.0993. The Hall–Kier alpha value is -1.55. The zero-order valence-corrected chi connectivity index (χ0v) is 14.5. The highest BCUT2D eigenvalue weighted by molar-refractivity contribution is 5.78. The number of hydrogen-bond acceptors (Lipinski definition) is 3. The summed E-state index contributed by atoms with van der Waals surface area (Å²) in [4.78, 5) is 14.0. The molecule has 0 atom stereocenters. The lowest BCUT2D eigenvalue weighted by atomic mass is 10.0. The summed E-state index contributed by atoms with van der Waals surface area (Å²) >= 11 is 0. The second-order valence-corrected chi connectivity index (χ2v) is 6.30. The fourth-order valence-electron chi connectivity index (χ4n) is 2.98. The minimum absolute atomic E-state index is 0.0993. The second kappa shape index (κ2) is 9.56. The van der Waals surface area contributed by atoms with Crippen molar-refractivity contribution >= 4 is 5.91 Å². The van der Waals surface area contributed by atoms with Gasteiger partial charge in [0.1, 0.15) is 5.75 Å². The summed E-state index contributed by atoms with van der Waals surface area (Å²) < 4.78 is 5.79. The zero-order valence-electron chi connectivity index (χ0n) is 14.5. The van der Waals surface area contributed by atoms with Gasteiger partial charge in [-0.1, -0.05) is 44.9 Å². The van der Waals surface area contributed by atoms with Gasteiger partial charge in [0.25, 0.3) is 5.91 Å². The van der Waals surface area contributed by atoms with Crippen LogP contribution in [0.1, 0.15) is 45.1 Å². The fraction of sp³-hybridized carbons (Fsp3) is 0.632. The highest BCUT2D eigenvalue weighted by atomic mass is 16.5. The zero-order chi connectivity index (χ0) is 16.5. The lowest BCUT2D eigenvalue weighted by Gasteiger charge is -2.18. The van der Waals surface area contributed by atoms with Crippen LogP contribution in [0.15, 0.2) is 24.3 Å². The molecule has 1 aliphatic rings. The number of benzene rings is 1. The van der Waals surface area contributed by atoms with E-state index in [2.05, 4.69) is 25.2 Å². The SMILES string of the molecule is CCC(CC)CNCc1ccccc1OCC(=O)N1CCCC1. The number of likely N-dealkylation sites (tertiary alicyclic amines) is 1. The van der Waals surface area contributed by atoms with E-state index in [0.717, 1.165) is 56.3 Å². The predicted molar refractivity (Wildman–Crippen MR) is 93.5 cm³/mol. The molecule has 0 radical (unpaired) electrons. The molecule has 0 aromatic heterocycles. The first-order chi connectivity index (χ1) is 11.2. The van der Waals surface area contributed by atoms with Crippen molar-refractivity contribution in [1.82, 2.24) is 10.2 Å². The Bertz CT molecular complexity index is 480. The van der Waals surface area contributed by atoms with Crippen molar-refractivity contribution in [3.8, 4) is 5.75 Å². The van der Waals surface area contributed by atoms with Crippen LogP contribution in [0.2, 0.25) is 0 Å². The van der Waals surface area contributed by atoms with Crippen molar-refractivity contribution in [2.75, 3.05) is 26.2 Å². The van der Waals surface area contributed by atoms with Gasteiger partial charge in [-0.25, -0.2) is 0 Å². The molecule has 23 heavy (non-hydrogen) atoms.